The number of aromatic nitrogens is 2. The van der Waals surface area contributed by atoms with Gasteiger partial charge in [0.05, 0.1) is 29.0 Å². The molecule has 2 heterocycles. The van der Waals surface area contributed by atoms with Crippen LogP contribution < -0.4 is 5.32 Å². The minimum atomic E-state index is -0.417. The second-order valence-corrected chi connectivity index (χ2v) is 6.83. The standard InChI is InChI=1S/C19H24N4O2/c1-11-6-8-14(9-7-11)18-15(10-16(24)22(18)4)19(25)20-17-12(2)21-23(5)13(17)3/h6-9,15,18H,10H2,1-5H3,(H,20,25)/t15-,18-/m0/s1. The average molecular weight is 340 g/mol. The van der Waals surface area contributed by atoms with Gasteiger partial charge in [-0.15, -0.1) is 0 Å². The monoisotopic (exact) mass is 340 g/mol. The number of nitrogens with zero attached hydrogens (tertiary/aromatic N) is 3. The van der Waals surface area contributed by atoms with Gasteiger partial charge in [-0.05, 0) is 26.3 Å². The van der Waals surface area contributed by atoms with Crippen LogP contribution in [0.3, 0.4) is 0 Å². The van der Waals surface area contributed by atoms with Gasteiger partial charge in [0.1, 0.15) is 0 Å². The molecule has 0 unspecified atom stereocenters. The van der Waals surface area contributed by atoms with Crippen molar-refractivity contribution in [2.75, 3.05) is 12.4 Å². The molecule has 2 aromatic rings. The van der Waals surface area contributed by atoms with Crippen LogP contribution in [0.25, 0.3) is 0 Å². The molecule has 3 rings (SSSR count). The van der Waals surface area contributed by atoms with E-state index in [1.54, 1.807) is 16.6 Å². The van der Waals surface area contributed by atoms with Gasteiger partial charge in [-0.2, -0.15) is 5.10 Å². The van der Waals surface area contributed by atoms with Crippen molar-refractivity contribution >= 4 is 17.5 Å². The van der Waals surface area contributed by atoms with E-state index in [9.17, 15) is 9.59 Å². The van der Waals surface area contributed by atoms with E-state index < -0.39 is 5.92 Å². The SMILES string of the molecule is Cc1ccc([C@H]2[C@@H](C(=O)Nc3c(C)nn(C)c3C)CC(=O)N2C)cc1. The second kappa shape index (κ2) is 6.35. The summed E-state index contributed by atoms with van der Waals surface area (Å²) in [5.41, 5.74) is 4.54. The fourth-order valence-corrected chi connectivity index (χ4v) is 3.49. The predicted octanol–water partition coefficient (Wildman–Crippen LogP) is 2.50. The number of carbonyl (C=O) groups excluding carboxylic acids is 2. The molecular formula is C19H24N4O2. The summed E-state index contributed by atoms with van der Waals surface area (Å²) in [6, 6.07) is 7.77. The summed E-state index contributed by atoms with van der Waals surface area (Å²) in [6.07, 6.45) is 0.221. The highest BCUT2D eigenvalue weighted by atomic mass is 16.2. The van der Waals surface area contributed by atoms with Crippen molar-refractivity contribution in [1.82, 2.24) is 14.7 Å². The number of hydrogen-bond donors (Lipinski definition) is 1. The van der Waals surface area contributed by atoms with Gasteiger partial charge in [-0.25, -0.2) is 0 Å². The van der Waals surface area contributed by atoms with Crippen molar-refractivity contribution in [3.63, 3.8) is 0 Å². The number of aryl methyl sites for hydroxylation is 3. The lowest BCUT2D eigenvalue weighted by Gasteiger charge is -2.25. The molecule has 25 heavy (non-hydrogen) atoms. The summed E-state index contributed by atoms with van der Waals surface area (Å²) in [7, 11) is 3.61. The summed E-state index contributed by atoms with van der Waals surface area (Å²) in [5.74, 6) is -0.563. The Labute approximate surface area is 147 Å². The third-order valence-corrected chi connectivity index (χ3v) is 5.10. The number of hydrogen-bond acceptors (Lipinski definition) is 3. The third kappa shape index (κ3) is 3.04. The Morgan fingerprint density at radius 2 is 1.80 bits per heavy atom. The molecular weight excluding hydrogens is 316 g/mol. The number of carbonyl (C=O) groups is 2. The molecule has 0 bridgehead atoms. The quantitative estimate of drug-likeness (QED) is 0.933. The minimum Gasteiger partial charge on any atom is -0.338 e. The molecule has 0 spiro atoms. The minimum absolute atomic E-state index is 0.00893. The summed E-state index contributed by atoms with van der Waals surface area (Å²) in [6.45, 7) is 5.80. The highest BCUT2D eigenvalue weighted by Crippen LogP contribution is 2.38. The summed E-state index contributed by atoms with van der Waals surface area (Å²) >= 11 is 0. The molecule has 132 valence electrons. The lowest BCUT2D eigenvalue weighted by Crippen LogP contribution is -2.30. The van der Waals surface area contributed by atoms with E-state index in [0.717, 1.165) is 28.2 Å². The lowest BCUT2D eigenvalue weighted by molar-refractivity contribution is -0.127. The van der Waals surface area contributed by atoms with E-state index in [1.807, 2.05) is 52.1 Å². The van der Waals surface area contributed by atoms with Crippen LogP contribution in [0, 0.1) is 26.7 Å². The molecule has 1 N–H and O–H groups in total. The zero-order valence-corrected chi connectivity index (χ0v) is 15.3. The first-order valence-electron chi connectivity index (χ1n) is 8.43. The fraction of sp³-hybridized carbons (Fsp3) is 0.421. The Kier molecular flexibility index (Phi) is 4.37. The molecule has 6 heteroatoms. The maximum absolute atomic E-state index is 12.9. The van der Waals surface area contributed by atoms with Gasteiger partial charge in [0.2, 0.25) is 11.8 Å². The number of benzene rings is 1. The first-order valence-corrected chi connectivity index (χ1v) is 8.43. The first-order chi connectivity index (χ1) is 11.8. The van der Waals surface area contributed by atoms with Crippen molar-refractivity contribution in [1.29, 1.82) is 0 Å². The molecule has 1 aliphatic rings. The van der Waals surface area contributed by atoms with Crippen molar-refractivity contribution < 1.29 is 9.59 Å². The summed E-state index contributed by atoms with van der Waals surface area (Å²) < 4.78 is 1.74. The van der Waals surface area contributed by atoms with Gasteiger partial charge in [0.25, 0.3) is 0 Å². The Balaban J connectivity index is 1.89. The normalized spacial score (nSPS) is 20.2. The van der Waals surface area contributed by atoms with Gasteiger partial charge in [-0.1, -0.05) is 29.8 Å². The van der Waals surface area contributed by atoms with Crippen LogP contribution in [0.15, 0.2) is 24.3 Å². The lowest BCUT2D eigenvalue weighted by atomic mass is 9.92. The van der Waals surface area contributed by atoms with E-state index in [1.165, 1.54) is 0 Å². The second-order valence-electron chi connectivity index (χ2n) is 6.83. The van der Waals surface area contributed by atoms with E-state index in [-0.39, 0.29) is 24.3 Å². The molecule has 1 saturated heterocycles. The van der Waals surface area contributed by atoms with Crippen LogP contribution in [-0.2, 0) is 16.6 Å². The largest absolute Gasteiger partial charge is 0.338 e. The zero-order chi connectivity index (χ0) is 18.3. The van der Waals surface area contributed by atoms with Crippen LogP contribution in [0.1, 0.15) is 35.0 Å². The predicted molar refractivity (Wildman–Crippen MR) is 96.1 cm³/mol. The Bertz CT molecular complexity index is 823. The van der Waals surface area contributed by atoms with Gasteiger partial charge >= 0.3 is 0 Å². The van der Waals surface area contributed by atoms with Gasteiger partial charge in [-0.3, -0.25) is 14.3 Å². The van der Waals surface area contributed by atoms with E-state index >= 15 is 0 Å². The van der Waals surface area contributed by atoms with Crippen molar-refractivity contribution in [2.24, 2.45) is 13.0 Å². The van der Waals surface area contributed by atoms with E-state index in [4.69, 9.17) is 0 Å². The Morgan fingerprint density at radius 3 is 2.36 bits per heavy atom. The maximum Gasteiger partial charge on any atom is 0.230 e. The van der Waals surface area contributed by atoms with Crippen LogP contribution in [0.5, 0.6) is 0 Å². The van der Waals surface area contributed by atoms with Crippen LogP contribution in [0.2, 0.25) is 0 Å². The number of nitrogens with one attached hydrogen (secondary N) is 1. The van der Waals surface area contributed by atoms with Crippen LogP contribution in [-0.4, -0.2) is 33.5 Å². The Hall–Kier alpha value is -2.63. The zero-order valence-electron chi connectivity index (χ0n) is 15.3. The van der Waals surface area contributed by atoms with Crippen molar-refractivity contribution in [3.05, 3.63) is 46.8 Å². The third-order valence-electron chi connectivity index (χ3n) is 5.10. The molecule has 0 saturated carbocycles. The maximum atomic E-state index is 12.9. The Morgan fingerprint density at radius 1 is 1.16 bits per heavy atom. The molecule has 0 radical (unpaired) electrons. The highest BCUT2D eigenvalue weighted by Gasteiger charge is 2.42. The molecule has 1 aromatic heterocycles. The molecule has 1 aliphatic heterocycles. The highest BCUT2D eigenvalue weighted by molar-refractivity contribution is 5.98. The molecule has 6 nitrogen and oxygen atoms in total. The van der Waals surface area contributed by atoms with E-state index in [0.29, 0.717) is 0 Å². The smallest absolute Gasteiger partial charge is 0.230 e. The van der Waals surface area contributed by atoms with E-state index in [2.05, 4.69) is 10.4 Å². The van der Waals surface area contributed by atoms with Crippen molar-refractivity contribution in [3.8, 4) is 0 Å². The summed E-state index contributed by atoms with van der Waals surface area (Å²) in [5, 5.41) is 7.32. The molecule has 2 amide bonds. The number of rotatable bonds is 3. The van der Waals surface area contributed by atoms with Gasteiger partial charge in [0.15, 0.2) is 0 Å². The molecule has 2 atom stereocenters. The topological polar surface area (TPSA) is 67.2 Å². The van der Waals surface area contributed by atoms with Gasteiger partial charge in [0, 0.05) is 20.5 Å². The van der Waals surface area contributed by atoms with Gasteiger partial charge < -0.3 is 10.2 Å². The molecule has 0 aliphatic carbocycles. The summed E-state index contributed by atoms with van der Waals surface area (Å²) in [4.78, 5) is 26.9. The fourth-order valence-electron chi connectivity index (χ4n) is 3.49. The number of likely N-dealkylation sites (tertiary alicyclic amines) is 1. The van der Waals surface area contributed by atoms with Crippen LogP contribution >= 0.6 is 0 Å². The molecule has 1 fully saturated rings. The number of amides is 2. The van der Waals surface area contributed by atoms with Crippen molar-refractivity contribution in [2.45, 2.75) is 33.2 Å². The average Bonchev–Trinajstić information content (AvgIpc) is 2.99. The number of anilines is 1. The molecule has 1 aromatic carbocycles. The van der Waals surface area contributed by atoms with Crippen LogP contribution in [0.4, 0.5) is 5.69 Å². The first kappa shape index (κ1) is 17.2.